The lowest BCUT2D eigenvalue weighted by molar-refractivity contribution is -0.127. The molecule has 1 amide bonds. The first kappa shape index (κ1) is 15.5. The second-order valence-electron chi connectivity index (χ2n) is 4.86. The quantitative estimate of drug-likeness (QED) is 0.828. The minimum atomic E-state index is -0.494. The number of carbonyl (C=O) groups excluding carboxylic acids is 1. The first-order valence-corrected chi connectivity index (χ1v) is 6.76. The normalized spacial score (nSPS) is 13.7. The van der Waals surface area contributed by atoms with E-state index < -0.39 is 6.10 Å². The van der Waals surface area contributed by atoms with Crippen LogP contribution in [0.3, 0.4) is 0 Å². The van der Waals surface area contributed by atoms with Gasteiger partial charge in [0.05, 0.1) is 0 Å². The van der Waals surface area contributed by atoms with Crippen LogP contribution in [-0.4, -0.2) is 18.6 Å². The first-order chi connectivity index (χ1) is 8.95. The van der Waals surface area contributed by atoms with Crippen molar-refractivity contribution in [1.29, 1.82) is 0 Å². The summed E-state index contributed by atoms with van der Waals surface area (Å²) in [6, 6.07) is 5.80. The van der Waals surface area contributed by atoms with E-state index in [0.717, 1.165) is 23.3 Å². The summed E-state index contributed by atoms with van der Waals surface area (Å²) >= 11 is 0. The van der Waals surface area contributed by atoms with Crippen molar-refractivity contribution in [2.24, 2.45) is 5.73 Å². The number of aryl methyl sites for hydroxylation is 1. The number of ether oxygens (including phenoxy) is 1. The van der Waals surface area contributed by atoms with Crippen LogP contribution >= 0.6 is 0 Å². The van der Waals surface area contributed by atoms with Crippen LogP contribution in [-0.2, 0) is 4.79 Å². The van der Waals surface area contributed by atoms with Crippen molar-refractivity contribution in [2.45, 2.75) is 46.3 Å². The number of carbonyl (C=O) groups is 1. The molecule has 1 aromatic carbocycles. The summed E-state index contributed by atoms with van der Waals surface area (Å²) in [5, 5.41) is 2.82. The van der Waals surface area contributed by atoms with Gasteiger partial charge in [0, 0.05) is 12.6 Å². The molecule has 0 saturated heterocycles. The van der Waals surface area contributed by atoms with Gasteiger partial charge >= 0.3 is 0 Å². The molecule has 1 unspecified atom stereocenters. The van der Waals surface area contributed by atoms with Gasteiger partial charge in [0.15, 0.2) is 6.10 Å². The van der Waals surface area contributed by atoms with Crippen molar-refractivity contribution < 1.29 is 9.53 Å². The molecule has 106 valence electrons. The molecule has 0 aromatic heterocycles. The third-order valence-corrected chi connectivity index (χ3v) is 2.95. The van der Waals surface area contributed by atoms with E-state index >= 15 is 0 Å². The number of rotatable bonds is 6. The fraction of sp³-hybridized carbons (Fsp3) is 0.533. The third-order valence-electron chi connectivity index (χ3n) is 2.95. The maximum Gasteiger partial charge on any atom is 0.260 e. The molecule has 0 aliphatic heterocycles. The summed E-state index contributed by atoms with van der Waals surface area (Å²) in [5.41, 5.74) is 7.89. The molecule has 0 bridgehead atoms. The van der Waals surface area contributed by atoms with Gasteiger partial charge in [-0.25, -0.2) is 0 Å². The molecule has 2 atom stereocenters. The van der Waals surface area contributed by atoms with Crippen LogP contribution in [0.5, 0.6) is 5.75 Å². The predicted molar refractivity (Wildman–Crippen MR) is 77.2 cm³/mol. The molecule has 3 N–H and O–H groups in total. The van der Waals surface area contributed by atoms with Crippen molar-refractivity contribution in [3.8, 4) is 5.75 Å². The zero-order chi connectivity index (χ0) is 14.4. The lowest BCUT2D eigenvalue weighted by atomic mass is 10.1. The van der Waals surface area contributed by atoms with Gasteiger partial charge in [-0.05, 0) is 44.4 Å². The molecule has 0 spiro atoms. The standard InChI is InChI=1S/C15H24N2O2/c1-5-8-17-15(18)12(4)19-14-7-6-13(11(3)16)9-10(14)2/h6-7,9,11-12H,5,8,16H2,1-4H3,(H,17,18)/t11-,12?/m0/s1. The number of amides is 1. The lowest BCUT2D eigenvalue weighted by Crippen LogP contribution is -2.36. The highest BCUT2D eigenvalue weighted by Gasteiger charge is 2.15. The molecule has 0 saturated carbocycles. The summed E-state index contributed by atoms with van der Waals surface area (Å²) in [6.07, 6.45) is 0.423. The van der Waals surface area contributed by atoms with E-state index in [1.54, 1.807) is 6.92 Å². The monoisotopic (exact) mass is 264 g/mol. The second kappa shape index (κ2) is 7.14. The minimum absolute atomic E-state index is 0.00183. The Bertz CT molecular complexity index is 430. The van der Waals surface area contributed by atoms with E-state index in [1.165, 1.54) is 0 Å². The van der Waals surface area contributed by atoms with Crippen LogP contribution in [0.1, 0.15) is 44.4 Å². The van der Waals surface area contributed by atoms with Gasteiger partial charge in [0.2, 0.25) is 0 Å². The van der Waals surface area contributed by atoms with Crippen LogP contribution in [0.15, 0.2) is 18.2 Å². The van der Waals surface area contributed by atoms with E-state index in [1.807, 2.05) is 39.0 Å². The second-order valence-corrected chi connectivity index (χ2v) is 4.86. The van der Waals surface area contributed by atoms with Gasteiger partial charge in [-0.15, -0.1) is 0 Å². The molecule has 0 radical (unpaired) electrons. The van der Waals surface area contributed by atoms with Gasteiger partial charge in [0.25, 0.3) is 5.91 Å². The van der Waals surface area contributed by atoms with Gasteiger partial charge in [-0.2, -0.15) is 0 Å². The molecular formula is C15H24N2O2. The van der Waals surface area contributed by atoms with Crippen LogP contribution in [0.25, 0.3) is 0 Å². The number of nitrogens with one attached hydrogen (secondary N) is 1. The lowest BCUT2D eigenvalue weighted by Gasteiger charge is -2.17. The Balaban J connectivity index is 2.69. The number of hydrogen-bond acceptors (Lipinski definition) is 3. The van der Waals surface area contributed by atoms with E-state index in [9.17, 15) is 4.79 Å². The summed E-state index contributed by atoms with van der Waals surface area (Å²) in [4.78, 5) is 11.7. The summed E-state index contributed by atoms with van der Waals surface area (Å²) < 4.78 is 5.69. The van der Waals surface area contributed by atoms with Crippen LogP contribution in [0, 0.1) is 6.92 Å². The summed E-state index contributed by atoms with van der Waals surface area (Å²) in [7, 11) is 0. The van der Waals surface area contributed by atoms with Crippen LogP contribution in [0.2, 0.25) is 0 Å². The molecule has 1 rings (SSSR count). The van der Waals surface area contributed by atoms with Crippen molar-refractivity contribution in [3.05, 3.63) is 29.3 Å². The van der Waals surface area contributed by atoms with Gasteiger partial charge in [-0.1, -0.05) is 19.1 Å². The summed E-state index contributed by atoms with van der Waals surface area (Å²) in [5.74, 6) is 0.640. The molecule has 0 aliphatic carbocycles. The van der Waals surface area contributed by atoms with Gasteiger partial charge in [-0.3, -0.25) is 4.79 Å². The molecule has 4 nitrogen and oxygen atoms in total. The Kier molecular flexibility index (Phi) is 5.83. The zero-order valence-corrected chi connectivity index (χ0v) is 12.2. The Morgan fingerprint density at radius 2 is 2.11 bits per heavy atom. The van der Waals surface area contributed by atoms with Gasteiger partial charge < -0.3 is 15.8 Å². The summed E-state index contributed by atoms with van der Waals surface area (Å²) in [6.45, 7) is 8.34. The SMILES string of the molecule is CCCNC(=O)C(C)Oc1ccc([C@H](C)N)cc1C. The van der Waals surface area contributed by atoms with Crippen molar-refractivity contribution in [3.63, 3.8) is 0 Å². The van der Waals surface area contributed by atoms with Crippen molar-refractivity contribution in [2.75, 3.05) is 6.54 Å². The number of hydrogen-bond donors (Lipinski definition) is 2. The predicted octanol–water partition coefficient (Wildman–Crippen LogP) is 2.31. The third kappa shape index (κ3) is 4.56. The maximum atomic E-state index is 11.7. The van der Waals surface area contributed by atoms with E-state index in [0.29, 0.717) is 6.54 Å². The van der Waals surface area contributed by atoms with Crippen LogP contribution in [0.4, 0.5) is 0 Å². The van der Waals surface area contributed by atoms with E-state index in [-0.39, 0.29) is 11.9 Å². The highest BCUT2D eigenvalue weighted by molar-refractivity contribution is 5.80. The fourth-order valence-electron chi connectivity index (χ4n) is 1.72. The minimum Gasteiger partial charge on any atom is -0.481 e. The van der Waals surface area contributed by atoms with Crippen molar-refractivity contribution in [1.82, 2.24) is 5.32 Å². The Morgan fingerprint density at radius 1 is 1.42 bits per heavy atom. The molecule has 19 heavy (non-hydrogen) atoms. The average molecular weight is 264 g/mol. The molecule has 1 aromatic rings. The van der Waals surface area contributed by atoms with Gasteiger partial charge in [0.1, 0.15) is 5.75 Å². The van der Waals surface area contributed by atoms with E-state index in [4.69, 9.17) is 10.5 Å². The smallest absolute Gasteiger partial charge is 0.260 e. The van der Waals surface area contributed by atoms with Crippen LogP contribution < -0.4 is 15.8 Å². The number of benzene rings is 1. The molecule has 4 heteroatoms. The Labute approximate surface area is 115 Å². The average Bonchev–Trinajstić information content (AvgIpc) is 2.37. The Hall–Kier alpha value is -1.55. The molecular weight excluding hydrogens is 240 g/mol. The molecule has 0 fully saturated rings. The fourth-order valence-corrected chi connectivity index (χ4v) is 1.72. The zero-order valence-electron chi connectivity index (χ0n) is 12.2. The highest BCUT2D eigenvalue weighted by atomic mass is 16.5. The first-order valence-electron chi connectivity index (χ1n) is 6.76. The Morgan fingerprint density at radius 3 is 2.63 bits per heavy atom. The topological polar surface area (TPSA) is 64.3 Å². The van der Waals surface area contributed by atoms with E-state index in [2.05, 4.69) is 5.32 Å². The highest BCUT2D eigenvalue weighted by Crippen LogP contribution is 2.22. The molecule has 0 aliphatic rings. The molecule has 0 heterocycles. The number of nitrogens with two attached hydrogens (primary N) is 1. The largest absolute Gasteiger partial charge is 0.481 e. The van der Waals surface area contributed by atoms with Crippen molar-refractivity contribution >= 4 is 5.91 Å². The maximum absolute atomic E-state index is 11.7.